The third-order valence-corrected chi connectivity index (χ3v) is 4.10. The number of guanidine groups is 1. The number of halogens is 1. The van der Waals surface area contributed by atoms with Crippen molar-refractivity contribution in [2.24, 2.45) is 12.0 Å². The van der Waals surface area contributed by atoms with Gasteiger partial charge in [-0.2, -0.15) is 5.10 Å². The van der Waals surface area contributed by atoms with E-state index < -0.39 is 0 Å². The zero-order valence-corrected chi connectivity index (χ0v) is 18.6. The molecule has 2 heterocycles. The maximum absolute atomic E-state index is 4.63. The van der Waals surface area contributed by atoms with E-state index in [4.69, 9.17) is 0 Å². The van der Waals surface area contributed by atoms with Crippen molar-refractivity contribution in [3.05, 3.63) is 48.4 Å². The molecular formula is C19H27IN8. The van der Waals surface area contributed by atoms with Crippen LogP contribution in [0.1, 0.15) is 12.5 Å². The summed E-state index contributed by atoms with van der Waals surface area (Å²) in [5.74, 6) is 1.62. The monoisotopic (exact) mass is 494 g/mol. The van der Waals surface area contributed by atoms with Crippen LogP contribution in [0.3, 0.4) is 0 Å². The predicted octanol–water partition coefficient (Wildman–Crippen LogP) is 2.19. The van der Waals surface area contributed by atoms with Crippen LogP contribution in [0.15, 0.2) is 47.8 Å². The molecule has 0 aliphatic rings. The minimum absolute atomic E-state index is 0. The molecule has 2 aromatic heterocycles. The summed E-state index contributed by atoms with van der Waals surface area (Å²) >= 11 is 0. The highest BCUT2D eigenvalue weighted by atomic mass is 127. The van der Waals surface area contributed by atoms with Gasteiger partial charge >= 0.3 is 0 Å². The summed E-state index contributed by atoms with van der Waals surface area (Å²) in [7, 11) is 1.87. The number of benzene rings is 1. The van der Waals surface area contributed by atoms with Gasteiger partial charge < -0.3 is 16.0 Å². The Labute approximate surface area is 182 Å². The number of anilines is 1. The third kappa shape index (κ3) is 6.04. The summed E-state index contributed by atoms with van der Waals surface area (Å²) in [6.07, 6.45) is 4.25. The van der Waals surface area contributed by atoms with Gasteiger partial charge in [0.05, 0.1) is 11.6 Å². The summed E-state index contributed by atoms with van der Waals surface area (Å²) in [4.78, 5) is 13.2. The molecule has 3 aromatic rings. The van der Waals surface area contributed by atoms with Crippen molar-refractivity contribution >= 4 is 46.8 Å². The maximum Gasteiger partial charge on any atom is 0.191 e. The lowest BCUT2D eigenvalue weighted by atomic mass is 10.2. The highest BCUT2D eigenvalue weighted by Crippen LogP contribution is 2.16. The zero-order chi connectivity index (χ0) is 18.9. The highest BCUT2D eigenvalue weighted by Gasteiger charge is 2.07. The minimum Gasteiger partial charge on any atom is -0.368 e. The van der Waals surface area contributed by atoms with Crippen LogP contribution >= 0.6 is 24.0 Å². The van der Waals surface area contributed by atoms with E-state index in [9.17, 15) is 0 Å². The van der Waals surface area contributed by atoms with Gasteiger partial charge in [0.2, 0.25) is 0 Å². The van der Waals surface area contributed by atoms with Gasteiger partial charge in [-0.15, -0.1) is 24.0 Å². The number of aryl methyl sites for hydroxylation is 1. The van der Waals surface area contributed by atoms with Gasteiger partial charge in [-0.3, -0.25) is 9.67 Å². The summed E-state index contributed by atoms with van der Waals surface area (Å²) in [5, 5.41) is 15.1. The topological polar surface area (TPSA) is 92.1 Å². The normalized spacial score (nSPS) is 11.1. The van der Waals surface area contributed by atoms with Crippen molar-refractivity contribution in [1.82, 2.24) is 30.4 Å². The largest absolute Gasteiger partial charge is 0.368 e. The van der Waals surface area contributed by atoms with Crippen LogP contribution in [0, 0.1) is 0 Å². The number of aromatic nitrogens is 4. The molecule has 0 unspecified atom stereocenters. The Hall–Kier alpha value is -2.43. The standard InChI is InChI=1S/C19H26N8.HI/c1-3-20-19(22-10-9-15-7-5-4-6-8-15)23-12-11-21-17-16-13-26-27(2)18(16)25-14-24-17;/h4-8,13-14H,3,9-12H2,1-2H3,(H2,20,22,23)(H,21,24,25);1H. The van der Waals surface area contributed by atoms with Crippen molar-refractivity contribution in [2.45, 2.75) is 13.3 Å². The Morgan fingerprint density at radius 3 is 2.71 bits per heavy atom. The van der Waals surface area contributed by atoms with Crippen molar-refractivity contribution in [3.63, 3.8) is 0 Å². The molecule has 0 atom stereocenters. The minimum atomic E-state index is 0. The number of hydrogen-bond donors (Lipinski definition) is 3. The number of rotatable bonds is 8. The summed E-state index contributed by atoms with van der Waals surface area (Å²) in [6, 6.07) is 10.4. The Bertz CT molecular complexity index is 878. The van der Waals surface area contributed by atoms with Gasteiger partial charge in [0.1, 0.15) is 12.1 Å². The Morgan fingerprint density at radius 2 is 1.93 bits per heavy atom. The molecule has 8 nitrogen and oxygen atoms in total. The molecule has 150 valence electrons. The SMILES string of the molecule is CCNC(=NCCc1ccccc1)NCCNc1ncnc2c1cnn2C.I. The van der Waals surface area contributed by atoms with Crippen LogP contribution in [-0.4, -0.2) is 51.9 Å². The first-order valence-electron chi connectivity index (χ1n) is 9.20. The van der Waals surface area contributed by atoms with E-state index in [-0.39, 0.29) is 24.0 Å². The average molecular weight is 494 g/mol. The van der Waals surface area contributed by atoms with Crippen LogP contribution in [0.5, 0.6) is 0 Å². The lowest BCUT2D eigenvalue weighted by molar-refractivity contribution is 0.785. The van der Waals surface area contributed by atoms with E-state index in [0.717, 1.165) is 48.9 Å². The third-order valence-electron chi connectivity index (χ3n) is 4.10. The van der Waals surface area contributed by atoms with Crippen LogP contribution in [0.25, 0.3) is 11.0 Å². The number of aliphatic imine (C=N–C) groups is 1. The molecule has 0 radical (unpaired) electrons. The van der Waals surface area contributed by atoms with Gasteiger partial charge in [0.25, 0.3) is 0 Å². The molecule has 9 heteroatoms. The molecule has 28 heavy (non-hydrogen) atoms. The second-order valence-corrected chi connectivity index (χ2v) is 6.08. The number of hydrogen-bond acceptors (Lipinski definition) is 5. The smallest absolute Gasteiger partial charge is 0.191 e. The molecule has 3 rings (SSSR count). The highest BCUT2D eigenvalue weighted by molar-refractivity contribution is 14.0. The summed E-state index contributed by atoms with van der Waals surface area (Å²) in [6.45, 7) is 5.07. The molecule has 1 aromatic carbocycles. The van der Waals surface area contributed by atoms with E-state index in [0.29, 0.717) is 6.54 Å². The molecule has 0 aliphatic carbocycles. The van der Waals surface area contributed by atoms with E-state index in [1.54, 1.807) is 17.2 Å². The van der Waals surface area contributed by atoms with Crippen LogP contribution in [0.2, 0.25) is 0 Å². The molecule has 0 aliphatic heterocycles. The average Bonchev–Trinajstić information content (AvgIpc) is 3.08. The van der Waals surface area contributed by atoms with Crippen molar-refractivity contribution < 1.29 is 0 Å². The molecule has 0 amide bonds. The van der Waals surface area contributed by atoms with Gasteiger partial charge in [-0.1, -0.05) is 30.3 Å². The Balaban J connectivity index is 0.00000280. The number of fused-ring (bicyclic) bond motifs is 1. The molecule has 0 spiro atoms. The van der Waals surface area contributed by atoms with Gasteiger partial charge in [-0.25, -0.2) is 9.97 Å². The molecule has 3 N–H and O–H groups in total. The fraction of sp³-hybridized carbons (Fsp3) is 0.368. The van der Waals surface area contributed by atoms with E-state index in [1.165, 1.54) is 5.56 Å². The number of nitrogens with zero attached hydrogens (tertiary/aromatic N) is 5. The molecule has 0 saturated heterocycles. The first-order chi connectivity index (χ1) is 13.3. The Morgan fingerprint density at radius 1 is 1.11 bits per heavy atom. The number of nitrogens with one attached hydrogen (secondary N) is 3. The first kappa shape index (κ1) is 21.9. The fourth-order valence-electron chi connectivity index (χ4n) is 2.75. The lowest BCUT2D eigenvalue weighted by Crippen LogP contribution is -2.39. The van der Waals surface area contributed by atoms with Crippen LogP contribution < -0.4 is 16.0 Å². The molecule has 0 bridgehead atoms. The zero-order valence-electron chi connectivity index (χ0n) is 16.2. The van der Waals surface area contributed by atoms with E-state index in [1.807, 2.05) is 13.1 Å². The summed E-state index contributed by atoms with van der Waals surface area (Å²) in [5.41, 5.74) is 2.11. The van der Waals surface area contributed by atoms with Crippen LogP contribution in [0.4, 0.5) is 5.82 Å². The van der Waals surface area contributed by atoms with Crippen molar-refractivity contribution in [2.75, 3.05) is 31.5 Å². The second kappa shape index (κ2) is 11.4. The van der Waals surface area contributed by atoms with Gasteiger partial charge in [0.15, 0.2) is 11.6 Å². The van der Waals surface area contributed by atoms with E-state index in [2.05, 4.69) is 67.2 Å². The van der Waals surface area contributed by atoms with Crippen molar-refractivity contribution in [3.8, 4) is 0 Å². The quantitative estimate of drug-likeness (QED) is 0.193. The Kier molecular flexibility index (Phi) is 8.92. The maximum atomic E-state index is 4.63. The predicted molar refractivity (Wildman–Crippen MR) is 124 cm³/mol. The first-order valence-corrected chi connectivity index (χ1v) is 9.20. The van der Waals surface area contributed by atoms with E-state index >= 15 is 0 Å². The molecular weight excluding hydrogens is 467 g/mol. The van der Waals surface area contributed by atoms with Crippen molar-refractivity contribution in [1.29, 1.82) is 0 Å². The lowest BCUT2D eigenvalue weighted by Gasteiger charge is -2.12. The van der Waals surface area contributed by atoms with Gasteiger partial charge in [-0.05, 0) is 18.9 Å². The molecule has 0 saturated carbocycles. The molecule has 0 fully saturated rings. The van der Waals surface area contributed by atoms with Gasteiger partial charge in [0, 0.05) is 33.2 Å². The second-order valence-electron chi connectivity index (χ2n) is 6.08. The fourth-order valence-corrected chi connectivity index (χ4v) is 2.75. The summed E-state index contributed by atoms with van der Waals surface area (Å²) < 4.78 is 1.74. The van der Waals surface area contributed by atoms with Crippen LogP contribution in [-0.2, 0) is 13.5 Å².